The number of fused-ring (bicyclic) bond motifs is 1. The molecule has 106 valence electrons. The van der Waals surface area contributed by atoms with Crippen molar-refractivity contribution < 1.29 is 9.18 Å². The van der Waals surface area contributed by atoms with Gasteiger partial charge in [-0.15, -0.1) is 0 Å². The topological polar surface area (TPSA) is 34.4 Å². The predicted molar refractivity (Wildman–Crippen MR) is 81.7 cm³/mol. The number of carbonyl (C=O) groups excluding carboxylic acids is 1. The lowest BCUT2D eigenvalue weighted by Gasteiger charge is -2.06. The molecule has 0 unspecified atom stereocenters. The number of hydrogen-bond donors (Lipinski definition) is 0. The summed E-state index contributed by atoms with van der Waals surface area (Å²) >= 11 is 3.10. The number of nitrogens with zero attached hydrogens (tertiary/aromatic N) is 2. The maximum Gasteiger partial charge on any atom is 0.143 e. The Balaban J connectivity index is 1.77. The molecule has 3 aromatic rings. The molecule has 0 radical (unpaired) electrons. The summed E-state index contributed by atoms with van der Waals surface area (Å²) in [4.78, 5) is 16.4. The minimum absolute atomic E-state index is 0.0397. The van der Waals surface area contributed by atoms with Crippen LogP contribution in [0.15, 0.2) is 53.3 Å². The summed E-state index contributed by atoms with van der Waals surface area (Å²) in [5, 5.41) is 0. The number of halogens is 2. The number of carbonyl (C=O) groups is 1. The molecule has 0 amide bonds. The molecule has 0 aliphatic rings. The lowest BCUT2D eigenvalue weighted by molar-refractivity contribution is -0.117. The van der Waals surface area contributed by atoms with E-state index in [9.17, 15) is 9.18 Å². The summed E-state index contributed by atoms with van der Waals surface area (Å²) in [6.07, 6.45) is 4.05. The van der Waals surface area contributed by atoms with Crippen molar-refractivity contribution in [1.29, 1.82) is 0 Å². The maximum atomic E-state index is 13.5. The Morgan fingerprint density at radius 3 is 2.90 bits per heavy atom. The third-order valence-corrected chi connectivity index (χ3v) is 3.92. The highest BCUT2D eigenvalue weighted by Crippen LogP contribution is 2.17. The first-order valence-corrected chi connectivity index (χ1v) is 7.29. The summed E-state index contributed by atoms with van der Waals surface area (Å²) in [7, 11) is 0. The quantitative estimate of drug-likeness (QED) is 0.723. The smallest absolute Gasteiger partial charge is 0.143 e. The first-order chi connectivity index (χ1) is 10.1. The summed E-state index contributed by atoms with van der Waals surface area (Å²) in [6, 6.07) is 10.4. The number of imidazole rings is 1. The molecule has 1 aromatic carbocycles. The first kappa shape index (κ1) is 13.9. The molecule has 2 heterocycles. The highest BCUT2D eigenvalue weighted by Gasteiger charge is 2.09. The summed E-state index contributed by atoms with van der Waals surface area (Å²) in [6.45, 7) is 0. The zero-order valence-electron chi connectivity index (χ0n) is 11.1. The molecule has 3 nitrogen and oxygen atoms in total. The van der Waals surface area contributed by atoms with Crippen molar-refractivity contribution >= 4 is 27.4 Å². The Morgan fingerprint density at radius 1 is 1.24 bits per heavy atom. The van der Waals surface area contributed by atoms with E-state index in [2.05, 4.69) is 20.9 Å². The molecule has 0 fully saturated rings. The molecule has 0 aliphatic carbocycles. The van der Waals surface area contributed by atoms with Crippen molar-refractivity contribution in [2.75, 3.05) is 0 Å². The standard InChI is InChI=1S/C16H12BrFN2O/c17-14-5-4-11(9-15(14)18)8-13(21)10-12-2-1-3-16-19-6-7-20(12)16/h1-7,9H,8,10H2. The normalized spacial score (nSPS) is 11.0. The van der Waals surface area contributed by atoms with E-state index < -0.39 is 0 Å². The Morgan fingerprint density at radius 2 is 2.10 bits per heavy atom. The van der Waals surface area contributed by atoms with Crippen molar-refractivity contribution in [3.8, 4) is 0 Å². The van der Waals surface area contributed by atoms with Gasteiger partial charge in [0.05, 0.1) is 4.47 Å². The molecule has 0 N–H and O–H groups in total. The Hall–Kier alpha value is -2.01. The van der Waals surface area contributed by atoms with Crippen LogP contribution in [0.1, 0.15) is 11.3 Å². The number of hydrogen-bond acceptors (Lipinski definition) is 2. The largest absolute Gasteiger partial charge is 0.304 e. The monoisotopic (exact) mass is 346 g/mol. The van der Waals surface area contributed by atoms with Crippen LogP contribution < -0.4 is 0 Å². The van der Waals surface area contributed by atoms with E-state index in [1.54, 1.807) is 18.3 Å². The lowest BCUT2D eigenvalue weighted by atomic mass is 10.1. The van der Waals surface area contributed by atoms with Crippen molar-refractivity contribution in [2.24, 2.45) is 0 Å². The van der Waals surface area contributed by atoms with Gasteiger partial charge in [0.1, 0.15) is 17.2 Å². The minimum Gasteiger partial charge on any atom is -0.304 e. The van der Waals surface area contributed by atoms with E-state index in [1.165, 1.54) is 6.07 Å². The number of benzene rings is 1. The Kier molecular flexibility index (Phi) is 3.84. The zero-order chi connectivity index (χ0) is 14.8. The fourth-order valence-electron chi connectivity index (χ4n) is 2.29. The van der Waals surface area contributed by atoms with Gasteiger partial charge in [0, 0.05) is 30.9 Å². The molecule has 3 rings (SSSR count). The average molecular weight is 347 g/mol. The predicted octanol–water partition coefficient (Wildman–Crippen LogP) is 3.59. The first-order valence-electron chi connectivity index (χ1n) is 6.50. The van der Waals surface area contributed by atoms with Crippen molar-refractivity contribution in [3.05, 3.63) is 70.3 Å². The van der Waals surface area contributed by atoms with Gasteiger partial charge in [-0.25, -0.2) is 9.37 Å². The molecule has 5 heteroatoms. The van der Waals surface area contributed by atoms with Crippen LogP contribution in [-0.2, 0) is 17.6 Å². The number of aromatic nitrogens is 2. The number of Topliss-reactive ketones (excluding diaryl/α,β-unsaturated/α-hetero) is 1. The highest BCUT2D eigenvalue weighted by atomic mass is 79.9. The summed E-state index contributed by atoms with van der Waals surface area (Å²) in [5.41, 5.74) is 2.38. The molecule has 2 aromatic heterocycles. The molecule has 0 bridgehead atoms. The van der Waals surface area contributed by atoms with Gasteiger partial charge < -0.3 is 4.40 Å². The lowest BCUT2D eigenvalue weighted by Crippen LogP contribution is -2.09. The zero-order valence-corrected chi connectivity index (χ0v) is 12.7. The van der Waals surface area contributed by atoms with Gasteiger partial charge in [-0.1, -0.05) is 12.1 Å². The molecular weight excluding hydrogens is 335 g/mol. The van der Waals surface area contributed by atoms with Crippen LogP contribution >= 0.6 is 15.9 Å². The fourth-order valence-corrected chi connectivity index (χ4v) is 2.54. The van der Waals surface area contributed by atoms with Crippen LogP contribution in [0.5, 0.6) is 0 Å². The number of rotatable bonds is 4. The van der Waals surface area contributed by atoms with Gasteiger partial charge in [0.15, 0.2) is 0 Å². The van der Waals surface area contributed by atoms with E-state index in [0.29, 0.717) is 16.5 Å². The third-order valence-electron chi connectivity index (χ3n) is 3.28. The number of pyridine rings is 1. The van der Waals surface area contributed by atoms with Crippen molar-refractivity contribution in [2.45, 2.75) is 12.8 Å². The van der Waals surface area contributed by atoms with Crippen LogP contribution in [0.2, 0.25) is 0 Å². The second-order valence-corrected chi connectivity index (χ2v) is 5.67. The molecule has 0 aliphatic heterocycles. The van der Waals surface area contributed by atoms with Gasteiger partial charge in [-0.3, -0.25) is 4.79 Å². The van der Waals surface area contributed by atoms with E-state index in [4.69, 9.17) is 0 Å². The van der Waals surface area contributed by atoms with E-state index >= 15 is 0 Å². The van der Waals surface area contributed by atoms with Gasteiger partial charge in [0.2, 0.25) is 0 Å². The minimum atomic E-state index is -0.350. The molecule has 0 saturated carbocycles. The van der Waals surface area contributed by atoms with Crippen LogP contribution in [0.3, 0.4) is 0 Å². The van der Waals surface area contributed by atoms with E-state index in [-0.39, 0.29) is 18.0 Å². The maximum absolute atomic E-state index is 13.5. The summed E-state index contributed by atoms with van der Waals surface area (Å²) < 4.78 is 15.7. The molecular formula is C16H12BrFN2O. The fraction of sp³-hybridized carbons (Fsp3) is 0.125. The molecule has 21 heavy (non-hydrogen) atoms. The van der Waals surface area contributed by atoms with Crippen LogP contribution in [0.25, 0.3) is 5.65 Å². The van der Waals surface area contributed by atoms with Gasteiger partial charge in [-0.2, -0.15) is 0 Å². The molecule has 0 atom stereocenters. The van der Waals surface area contributed by atoms with Crippen LogP contribution in [0.4, 0.5) is 4.39 Å². The number of ketones is 1. The van der Waals surface area contributed by atoms with Crippen LogP contribution in [0, 0.1) is 5.82 Å². The average Bonchev–Trinajstić information content (AvgIpc) is 2.92. The summed E-state index contributed by atoms with van der Waals surface area (Å²) in [5.74, 6) is -0.310. The molecule has 0 saturated heterocycles. The second-order valence-electron chi connectivity index (χ2n) is 4.81. The second kappa shape index (κ2) is 5.77. The highest BCUT2D eigenvalue weighted by molar-refractivity contribution is 9.10. The molecule has 0 spiro atoms. The van der Waals surface area contributed by atoms with Crippen molar-refractivity contribution in [1.82, 2.24) is 9.38 Å². The van der Waals surface area contributed by atoms with Gasteiger partial charge >= 0.3 is 0 Å². The Labute approximate surface area is 129 Å². The Bertz CT molecular complexity index is 813. The van der Waals surface area contributed by atoms with Crippen LogP contribution in [-0.4, -0.2) is 15.2 Å². The van der Waals surface area contributed by atoms with Gasteiger partial charge in [0.25, 0.3) is 0 Å². The SMILES string of the molecule is O=C(Cc1ccc(Br)c(F)c1)Cc1cccc2nccn12. The van der Waals surface area contributed by atoms with E-state index in [0.717, 1.165) is 11.3 Å². The van der Waals surface area contributed by atoms with Gasteiger partial charge in [-0.05, 0) is 45.8 Å². The third kappa shape index (κ3) is 3.03. The van der Waals surface area contributed by atoms with Crippen molar-refractivity contribution in [3.63, 3.8) is 0 Å². The van der Waals surface area contributed by atoms with E-state index in [1.807, 2.05) is 28.8 Å².